The molecule has 2 unspecified atom stereocenters. The van der Waals surface area contributed by atoms with Crippen molar-refractivity contribution in [3.05, 3.63) is 35.4 Å². The maximum Gasteiger partial charge on any atom is 0.317 e. The number of carboxylic acid groups (broad SMARTS) is 1. The molecule has 5 nitrogen and oxygen atoms in total. The minimum absolute atomic E-state index is 0.00101. The Balaban J connectivity index is 1.70. The van der Waals surface area contributed by atoms with Gasteiger partial charge in [0.25, 0.3) is 0 Å². The summed E-state index contributed by atoms with van der Waals surface area (Å²) in [6.45, 7) is 5.32. The average Bonchev–Trinajstić information content (AvgIpc) is 2.79. The number of amides is 2. The first-order valence-electron chi connectivity index (χ1n) is 8.26. The number of benzene rings is 1. The Bertz CT molecular complexity index is 626. The third-order valence-electron chi connectivity index (χ3n) is 5.14. The fourth-order valence-electron chi connectivity index (χ4n) is 3.88. The van der Waals surface area contributed by atoms with E-state index in [0.717, 1.165) is 12.8 Å². The highest BCUT2D eigenvalue weighted by atomic mass is 16.4. The van der Waals surface area contributed by atoms with Crippen LogP contribution in [0, 0.1) is 5.92 Å². The van der Waals surface area contributed by atoms with Crippen molar-refractivity contribution in [2.45, 2.75) is 44.6 Å². The number of hydrogen-bond acceptors (Lipinski definition) is 2. The number of carbonyl (C=O) groups is 2. The Morgan fingerprint density at radius 3 is 2.78 bits per heavy atom. The Morgan fingerprint density at radius 1 is 1.30 bits per heavy atom. The summed E-state index contributed by atoms with van der Waals surface area (Å²) in [5, 5.41) is 12.3. The molecule has 3 rings (SSSR count). The van der Waals surface area contributed by atoms with Crippen molar-refractivity contribution in [2.75, 3.05) is 13.1 Å². The van der Waals surface area contributed by atoms with E-state index in [1.807, 2.05) is 12.1 Å². The molecule has 1 aromatic rings. The largest absolute Gasteiger partial charge is 0.481 e. The number of fused-ring (bicyclic) bond motifs is 1. The molecular weight excluding hydrogens is 292 g/mol. The highest BCUT2D eigenvalue weighted by molar-refractivity contribution is 5.77. The molecule has 23 heavy (non-hydrogen) atoms. The summed E-state index contributed by atoms with van der Waals surface area (Å²) in [6, 6.07) is 8.09. The van der Waals surface area contributed by atoms with Crippen molar-refractivity contribution in [1.29, 1.82) is 0 Å². The van der Waals surface area contributed by atoms with Crippen molar-refractivity contribution >= 4 is 12.0 Å². The number of urea groups is 1. The molecular formula is C18H24N2O3. The maximum atomic E-state index is 12.6. The molecule has 1 saturated heterocycles. The fourth-order valence-corrected chi connectivity index (χ4v) is 3.88. The zero-order chi connectivity index (χ0) is 16.6. The first-order valence-corrected chi connectivity index (χ1v) is 8.26. The third kappa shape index (κ3) is 3.05. The van der Waals surface area contributed by atoms with Crippen LogP contribution in [0.4, 0.5) is 4.79 Å². The van der Waals surface area contributed by atoms with Gasteiger partial charge in [0.05, 0.1) is 12.0 Å². The number of hydrogen-bond donors (Lipinski definition) is 2. The molecule has 0 bridgehead atoms. The van der Waals surface area contributed by atoms with Gasteiger partial charge in [-0.05, 0) is 35.8 Å². The highest BCUT2D eigenvalue weighted by Gasteiger charge is 2.38. The van der Waals surface area contributed by atoms with Gasteiger partial charge in [-0.1, -0.05) is 38.1 Å². The van der Waals surface area contributed by atoms with Crippen LogP contribution in [0.15, 0.2) is 24.3 Å². The monoisotopic (exact) mass is 316 g/mol. The van der Waals surface area contributed by atoms with Crippen LogP contribution < -0.4 is 5.32 Å². The van der Waals surface area contributed by atoms with Gasteiger partial charge in [0.2, 0.25) is 0 Å². The summed E-state index contributed by atoms with van der Waals surface area (Å²) in [6.07, 6.45) is 2.27. The van der Waals surface area contributed by atoms with Gasteiger partial charge in [-0.3, -0.25) is 4.79 Å². The molecule has 1 aliphatic carbocycles. The lowest BCUT2D eigenvalue weighted by Gasteiger charge is -2.32. The summed E-state index contributed by atoms with van der Waals surface area (Å²) in [5.74, 6) is -1.25. The molecule has 1 fully saturated rings. The van der Waals surface area contributed by atoms with Crippen LogP contribution in [0.5, 0.6) is 0 Å². The molecule has 2 amide bonds. The second-order valence-electron chi connectivity index (χ2n) is 7.30. The lowest BCUT2D eigenvalue weighted by atomic mass is 9.86. The lowest BCUT2D eigenvalue weighted by Crippen LogP contribution is -2.47. The first-order chi connectivity index (χ1) is 10.9. The standard InChI is InChI=1S/C18H24N2O3/c1-18(2)10-15(13-7-3-4-8-14(13)18)19-17(23)20-9-5-6-12(11-20)16(21)22/h3-4,7-8,12,15H,5-6,9-11H2,1-2H3,(H,19,23)(H,21,22). The Kier molecular flexibility index (Phi) is 4.04. The van der Waals surface area contributed by atoms with Gasteiger partial charge in [0.15, 0.2) is 0 Å². The second-order valence-corrected chi connectivity index (χ2v) is 7.30. The van der Waals surface area contributed by atoms with Crippen LogP contribution in [0.1, 0.15) is 50.3 Å². The zero-order valence-electron chi connectivity index (χ0n) is 13.7. The van der Waals surface area contributed by atoms with E-state index in [9.17, 15) is 9.59 Å². The van der Waals surface area contributed by atoms with E-state index in [-0.39, 0.29) is 17.5 Å². The summed E-state index contributed by atoms with van der Waals surface area (Å²) in [7, 11) is 0. The van der Waals surface area contributed by atoms with E-state index in [1.165, 1.54) is 11.1 Å². The number of rotatable bonds is 2. The predicted molar refractivity (Wildman–Crippen MR) is 87.3 cm³/mol. The molecule has 2 aliphatic rings. The van der Waals surface area contributed by atoms with E-state index < -0.39 is 11.9 Å². The molecule has 1 aliphatic heterocycles. The van der Waals surface area contributed by atoms with Gasteiger partial charge in [-0.2, -0.15) is 0 Å². The van der Waals surface area contributed by atoms with Gasteiger partial charge in [-0.25, -0.2) is 4.79 Å². The smallest absolute Gasteiger partial charge is 0.317 e. The number of piperidine rings is 1. The second kappa shape index (κ2) is 5.87. The van der Waals surface area contributed by atoms with Gasteiger partial charge < -0.3 is 15.3 Å². The van der Waals surface area contributed by atoms with Gasteiger partial charge in [0.1, 0.15) is 0 Å². The van der Waals surface area contributed by atoms with Crippen molar-refractivity contribution in [3.63, 3.8) is 0 Å². The Hall–Kier alpha value is -2.04. The number of nitrogens with zero attached hydrogens (tertiary/aromatic N) is 1. The van der Waals surface area contributed by atoms with Crippen molar-refractivity contribution in [3.8, 4) is 0 Å². The minimum atomic E-state index is -0.810. The molecule has 0 spiro atoms. The summed E-state index contributed by atoms with van der Waals surface area (Å²) < 4.78 is 0. The van der Waals surface area contributed by atoms with E-state index in [1.54, 1.807) is 4.90 Å². The van der Waals surface area contributed by atoms with Crippen molar-refractivity contribution in [1.82, 2.24) is 10.2 Å². The third-order valence-corrected chi connectivity index (χ3v) is 5.14. The van der Waals surface area contributed by atoms with Crippen LogP contribution in [-0.4, -0.2) is 35.1 Å². The minimum Gasteiger partial charge on any atom is -0.481 e. The van der Waals surface area contributed by atoms with E-state index >= 15 is 0 Å². The molecule has 0 aromatic heterocycles. The van der Waals surface area contributed by atoms with E-state index in [4.69, 9.17) is 5.11 Å². The maximum absolute atomic E-state index is 12.6. The molecule has 5 heteroatoms. The zero-order valence-corrected chi connectivity index (χ0v) is 13.7. The molecule has 1 aromatic carbocycles. The van der Waals surface area contributed by atoms with Gasteiger partial charge >= 0.3 is 12.0 Å². The number of aliphatic carboxylic acids is 1. The van der Waals surface area contributed by atoms with Crippen LogP contribution in [0.25, 0.3) is 0 Å². The van der Waals surface area contributed by atoms with Gasteiger partial charge in [0, 0.05) is 13.1 Å². The van der Waals surface area contributed by atoms with Crippen LogP contribution in [0.3, 0.4) is 0 Å². The molecule has 2 atom stereocenters. The Labute approximate surface area is 136 Å². The number of nitrogens with one attached hydrogen (secondary N) is 1. The summed E-state index contributed by atoms with van der Waals surface area (Å²) >= 11 is 0. The van der Waals surface area contributed by atoms with Gasteiger partial charge in [-0.15, -0.1) is 0 Å². The van der Waals surface area contributed by atoms with E-state index in [0.29, 0.717) is 19.5 Å². The quantitative estimate of drug-likeness (QED) is 0.881. The molecule has 2 N–H and O–H groups in total. The molecule has 0 radical (unpaired) electrons. The van der Waals surface area contributed by atoms with Crippen LogP contribution >= 0.6 is 0 Å². The summed E-state index contributed by atoms with van der Waals surface area (Å²) in [4.78, 5) is 25.4. The molecule has 0 saturated carbocycles. The Morgan fingerprint density at radius 2 is 2.04 bits per heavy atom. The van der Waals surface area contributed by atoms with Crippen LogP contribution in [-0.2, 0) is 10.2 Å². The van der Waals surface area contributed by atoms with Crippen LogP contribution in [0.2, 0.25) is 0 Å². The number of carbonyl (C=O) groups excluding carboxylic acids is 1. The fraction of sp³-hybridized carbons (Fsp3) is 0.556. The lowest BCUT2D eigenvalue weighted by molar-refractivity contribution is -0.143. The number of carboxylic acids is 1. The molecule has 124 valence electrons. The topological polar surface area (TPSA) is 69.6 Å². The van der Waals surface area contributed by atoms with Crippen molar-refractivity contribution in [2.24, 2.45) is 5.92 Å². The van der Waals surface area contributed by atoms with Crippen molar-refractivity contribution < 1.29 is 14.7 Å². The number of likely N-dealkylation sites (tertiary alicyclic amines) is 1. The predicted octanol–water partition coefficient (Wildman–Crippen LogP) is 2.92. The SMILES string of the molecule is CC1(C)CC(NC(=O)N2CCCC(C(=O)O)C2)c2ccccc21. The normalized spacial score (nSPS) is 25.7. The summed E-state index contributed by atoms with van der Waals surface area (Å²) in [5.41, 5.74) is 2.50. The highest BCUT2D eigenvalue weighted by Crippen LogP contribution is 2.44. The molecule has 1 heterocycles. The first kappa shape index (κ1) is 15.8. The van der Waals surface area contributed by atoms with E-state index in [2.05, 4.69) is 31.3 Å². The average molecular weight is 316 g/mol.